The van der Waals surface area contributed by atoms with Gasteiger partial charge in [-0.25, -0.2) is 0 Å². The summed E-state index contributed by atoms with van der Waals surface area (Å²) >= 11 is 0. The number of hydrogen-bond acceptors (Lipinski definition) is 3. The van der Waals surface area contributed by atoms with Crippen LogP contribution in [0.4, 0.5) is 0 Å². The Balaban J connectivity index is 1.81. The smallest absolute Gasteiger partial charge is 0.0645 e. The zero-order chi connectivity index (χ0) is 10.7. The van der Waals surface area contributed by atoms with E-state index in [-0.39, 0.29) is 0 Å². The van der Waals surface area contributed by atoms with Crippen molar-refractivity contribution < 1.29 is 4.74 Å². The van der Waals surface area contributed by atoms with Gasteiger partial charge >= 0.3 is 0 Å². The van der Waals surface area contributed by atoms with Crippen LogP contribution in [0, 0.1) is 0 Å². The summed E-state index contributed by atoms with van der Waals surface area (Å²) in [5, 5.41) is 3.63. The van der Waals surface area contributed by atoms with Gasteiger partial charge in [0, 0.05) is 18.6 Å². The SMILES string of the molecule is CC(C)N(CC1CCCCN1)C1COC1. The molecule has 3 heteroatoms. The van der Waals surface area contributed by atoms with E-state index in [1.54, 1.807) is 0 Å². The Morgan fingerprint density at radius 3 is 2.60 bits per heavy atom. The monoisotopic (exact) mass is 212 g/mol. The normalized spacial score (nSPS) is 28.4. The van der Waals surface area contributed by atoms with Crippen molar-refractivity contribution >= 4 is 0 Å². The maximum Gasteiger partial charge on any atom is 0.0645 e. The third-order valence-corrected chi connectivity index (χ3v) is 3.60. The van der Waals surface area contributed by atoms with E-state index in [1.165, 1.54) is 32.4 Å². The van der Waals surface area contributed by atoms with E-state index in [1.807, 2.05) is 0 Å². The molecule has 0 aromatic heterocycles. The number of ether oxygens (including phenoxy) is 1. The van der Waals surface area contributed by atoms with E-state index >= 15 is 0 Å². The van der Waals surface area contributed by atoms with Gasteiger partial charge in [0.05, 0.1) is 19.3 Å². The van der Waals surface area contributed by atoms with E-state index in [2.05, 4.69) is 24.1 Å². The lowest BCUT2D eigenvalue weighted by Gasteiger charge is -2.42. The Kier molecular flexibility index (Phi) is 4.00. The quantitative estimate of drug-likeness (QED) is 0.759. The molecule has 0 aromatic carbocycles. The third kappa shape index (κ3) is 2.92. The van der Waals surface area contributed by atoms with E-state index < -0.39 is 0 Å². The second-order valence-corrected chi connectivity index (χ2v) is 5.13. The average molecular weight is 212 g/mol. The molecule has 2 aliphatic heterocycles. The molecule has 1 N–H and O–H groups in total. The number of rotatable bonds is 4. The molecular formula is C12H24N2O. The molecule has 2 saturated heterocycles. The molecular weight excluding hydrogens is 188 g/mol. The summed E-state index contributed by atoms with van der Waals surface area (Å²) in [6.45, 7) is 8.86. The summed E-state index contributed by atoms with van der Waals surface area (Å²) in [7, 11) is 0. The highest BCUT2D eigenvalue weighted by atomic mass is 16.5. The fraction of sp³-hybridized carbons (Fsp3) is 1.00. The van der Waals surface area contributed by atoms with Crippen molar-refractivity contribution in [2.75, 3.05) is 26.3 Å². The minimum absolute atomic E-state index is 0.641. The topological polar surface area (TPSA) is 24.5 Å². The van der Waals surface area contributed by atoms with Crippen molar-refractivity contribution in [2.24, 2.45) is 0 Å². The highest BCUT2D eigenvalue weighted by molar-refractivity contribution is 4.84. The molecule has 0 saturated carbocycles. The predicted octanol–water partition coefficient (Wildman–Crippen LogP) is 1.24. The summed E-state index contributed by atoms with van der Waals surface area (Å²) in [5.74, 6) is 0. The van der Waals surface area contributed by atoms with Gasteiger partial charge in [0.15, 0.2) is 0 Å². The lowest BCUT2D eigenvalue weighted by molar-refractivity contribution is -0.0781. The lowest BCUT2D eigenvalue weighted by Crippen LogP contribution is -2.56. The van der Waals surface area contributed by atoms with E-state index in [9.17, 15) is 0 Å². The van der Waals surface area contributed by atoms with Crippen molar-refractivity contribution in [1.29, 1.82) is 0 Å². The van der Waals surface area contributed by atoms with Crippen LogP contribution in [0.2, 0.25) is 0 Å². The minimum Gasteiger partial charge on any atom is -0.378 e. The van der Waals surface area contributed by atoms with Gasteiger partial charge < -0.3 is 10.1 Å². The minimum atomic E-state index is 0.641. The van der Waals surface area contributed by atoms with Gasteiger partial charge in [0.2, 0.25) is 0 Å². The van der Waals surface area contributed by atoms with Gasteiger partial charge in [-0.05, 0) is 33.2 Å². The maximum atomic E-state index is 5.29. The van der Waals surface area contributed by atoms with Crippen LogP contribution in [0.1, 0.15) is 33.1 Å². The van der Waals surface area contributed by atoms with Crippen molar-refractivity contribution in [3.63, 3.8) is 0 Å². The Morgan fingerprint density at radius 2 is 2.13 bits per heavy atom. The summed E-state index contributed by atoms with van der Waals surface area (Å²) in [6.07, 6.45) is 4.09. The Bertz CT molecular complexity index is 186. The number of nitrogens with one attached hydrogen (secondary N) is 1. The van der Waals surface area contributed by atoms with Crippen LogP contribution >= 0.6 is 0 Å². The number of piperidine rings is 1. The maximum absolute atomic E-state index is 5.29. The fourth-order valence-corrected chi connectivity index (χ4v) is 2.53. The molecule has 2 fully saturated rings. The van der Waals surface area contributed by atoms with Crippen molar-refractivity contribution in [2.45, 2.75) is 51.2 Å². The van der Waals surface area contributed by atoms with Gasteiger partial charge in [0.1, 0.15) is 0 Å². The first kappa shape index (κ1) is 11.4. The number of hydrogen-bond donors (Lipinski definition) is 1. The molecule has 1 atom stereocenters. The van der Waals surface area contributed by atoms with Gasteiger partial charge in [-0.3, -0.25) is 4.90 Å². The average Bonchev–Trinajstić information content (AvgIpc) is 2.15. The Morgan fingerprint density at radius 1 is 1.33 bits per heavy atom. The molecule has 0 spiro atoms. The van der Waals surface area contributed by atoms with E-state index in [4.69, 9.17) is 4.74 Å². The molecule has 2 rings (SSSR count). The van der Waals surface area contributed by atoms with Gasteiger partial charge in [-0.2, -0.15) is 0 Å². The first-order valence-electron chi connectivity index (χ1n) is 6.34. The molecule has 2 heterocycles. The van der Waals surface area contributed by atoms with Gasteiger partial charge in [0.25, 0.3) is 0 Å². The van der Waals surface area contributed by atoms with Crippen molar-refractivity contribution in [3.8, 4) is 0 Å². The summed E-state index contributed by atoms with van der Waals surface area (Å²) in [5.41, 5.74) is 0. The lowest BCUT2D eigenvalue weighted by atomic mass is 10.0. The molecule has 0 aromatic rings. The highest BCUT2D eigenvalue weighted by Gasteiger charge is 2.29. The first-order valence-corrected chi connectivity index (χ1v) is 6.34. The highest BCUT2D eigenvalue weighted by Crippen LogP contribution is 2.17. The van der Waals surface area contributed by atoms with Crippen molar-refractivity contribution in [1.82, 2.24) is 10.2 Å². The number of nitrogens with zero attached hydrogens (tertiary/aromatic N) is 1. The summed E-state index contributed by atoms with van der Waals surface area (Å²) in [6, 6.07) is 2.03. The molecule has 0 bridgehead atoms. The zero-order valence-electron chi connectivity index (χ0n) is 10.0. The zero-order valence-corrected chi connectivity index (χ0v) is 10.0. The molecule has 3 nitrogen and oxygen atoms in total. The largest absolute Gasteiger partial charge is 0.378 e. The Labute approximate surface area is 93.2 Å². The fourth-order valence-electron chi connectivity index (χ4n) is 2.53. The molecule has 0 aliphatic carbocycles. The summed E-state index contributed by atoms with van der Waals surface area (Å²) < 4.78 is 5.29. The van der Waals surface area contributed by atoms with E-state index in [0.717, 1.165) is 13.2 Å². The molecule has 0 radical (unpaired) electrons. The Hall–Kier alpha value is -0.120. The summed E-state index contributed by atoms with van der Waals surface area (Å²) in [4.78, 5) is 2.60. The van der Waals surface area contributed by atoms with Crippen LogP contribution in [0.25, 0.3) is 0 Å². The predicted molar refractivity (Wildman–Crippen MR) is 62.1 cm³/mol. The molecule has 2 aliphatic rings. The van der Waals surface area contributed by atoms with Crippen LogP contribution in [-0.2, 0) is 4.74 Å². The van der Waals surface area contributed by atoms with Crippen molar-refractivity contribution in [3.05, 3.63) is 0 Å². The molecule has 1 unspecified atom stereocenters. The third-order valence-electron chi connectivity index (χ3n) is 3.60. The first-order chi connectivity index (χ1) is 7.27. The standard InChI is InChI=1S/C12H24N2O/c1-10(2)14(12-8-15-9-12)7-11-5-3-4-6-13-11/h10-13H,3-9H2,1-2H3. The molecule has 88 valence electrons. The molecule has 15 heavy (non-hydrogen) atoms. The van der Waals surface area contributed by atoms with Crippen LogP contribution in [0.5, 0.6) is 0 Å². The van der Waals surface area contributed by atoms with Gasteiger partial charge in [-0.15, -0.1) is 0 Å². The van der Waals surface area contributed by atoms with E-state index in [0.29, 0.717) is 18.1 Å². The van der Waals surface area contributed by atoms with Crippen LogP contribution < -0.4 is 5.32 Å². The molecule has 0 amide bonds. The van der Waals surface area contributed by atoms with Gasteiger partial charge in [-0.1, -0.05) is 6.42 Å². The van der Waals surface area contributed by atoms with Crippen LogP contribution in [-0.4, -0.2) is 49.3 Å². The second-order valence-electron chi connectivity index (χ2n) is 5.13. The second kappa shape index (κ2) is 5.28. The van der Waals surface area contributed by atoms with Crippen LogP contribution in [0.3, 0.4) is 0 Å². The van der Waals surface area contributed by atoms with Crippen LogP contribution in [0.15, 0.2) is 0 Å².